The number of nitriles is 1. The van der Waals surface area contributed by atoms with Crippen LogP contribution in [0.3, 0.4) is 0 Å². The third-order valence-corrected chi connectivity index (χ3v) is 2.85. The van der Waals surface area contributed by atoms with Crippen molar-refractivity contribution in [2.24, 2.45) is 0 Å². The molecule has 0 saturated carbocycles. The molecule has 0 aromatic heterocycles. The Bertz CT molecular complexity index is 614. The predicted octanol–water partition coefficient (Wildman–Crippen LogP) is 2.83. The Labute approximate surface area is 112 Å². The average Bonchev–Trinajstić information content (AvgIpc) is 2.47. The third-order valence-electron chi connectivity index (χ3n) is 2.85. The summed E-state index contributed by atoms with van der Waals surface area (Å²) in [5, 5.41) is 8.84. The van der Waals surface area contributed by atoms with Crippen molar-refractivity contribution < 1.29 is 4.79 Å². The smallest absolute Gasteiger partial charge is 0.253 e. The first-order valence-electron chi connectivity index (χ1n) is 6.00. The third kappa shape index (κ3) is 3.20. The molecule has 2 aromatic rings. The molecule has 0 aliphatic rings. The van der Waals surface area contributed by atoms with Gasteiger partial charge in [-0.05, 0) is 23.8 Å². The maximum absolute atomic E-state index is 12.2. The quantitative estimate of drug-likeness (QED) is 0.840. The summed E-state index contributed by atoms with van der Waals surface area (Å²) in [7, 11) is 1.76. The van der Waals surface area contributed by atoms with Crippen LogP contribution in [0, 0.1) is 11.3 Å². The van der Waals surface area contributed by atoms with Gasteiger partial charge in [0.15, 0.2) is 0 Å². The van der Waals surface area contributed by atoms with Gasteiger partial charge in [-0.25, -0.2) is 0 Å². The molecule has 0 fully saturated rings. The summed E-state index contributed by atoms with van der Waals surface area (Å²) < 4.78 is 0. The summed E-state index contributed by atoms with van der Waals surface area (Å²) in [6.45, 7) is 0.552. The Morgan fingerprint density at radius 3 is 2.58 bits per heavy atom. The number of carbonyl (C=O) groups excluding carboxylic acids is 1. The van der Waals surface area contributed by atoms with Gasteiger partial charge < -0.3 is 4.90 Å². The van der Waals surface area contributed by atoms with Gasteiger partial charge in [0.25, 0.3) is 5.91 Å². The van der Waals surface area contributed by atoms with Crippen molar-refractivity contribution in [2.45, 2.75) is 6.54 Å². The van der Waals surface area contributed by atoms with Crippen LogP contribution in [0.5, 0.6) is 0 Å². The van der Waals surface area contributed by atoms with E-state index in [9.17, 15) is 4.79 Å². The van der Waals surface area contributed by atoms with E-state index in [2.05, 4.69) is 0 Å². The van der Waals surface area contributed by atoms with E-state index in [1.54, 1.807) is 36.2 Å². The largest absolute Gasteiger partial charge is 0.337 e. The number of hydrogen-bond acceptors (Lipinski definition) is 2. The molecule has 2 rings (SSSR count). The molecule has 0 aliphatic heterocycles. The van der Waals surface area contributed by atoms with Gasteiger partial charge >= 0.3 is 0 Å². The van der Waals surface area contributed by atoms with Crippen LogP contribution in [0.4, 0.5) is 0 Å². The van der Waals surface area contributed by atoms with Crippen LogP contribution in [0.2, 0.25) is 0 Å². The van der Waals surface area contributed by atoms with Crippen molar-refractivity contribution >= 4 is 5.91 Å². The molecule has 1 amide bonds. The van der Waals surface area contributed by atoms with Gasteiger partial charge in [0.05, 0.1) is 11.6 Å². The van der Waals surface area contributed by atoms with Crippen molar-refractivity contribution in [1.82, 2.24) is 4.90 Å². The number of amides is 1. The van der Waals surface area contributed by atoms with E-state index < -0.39 is 0 Å². The minimum Gasteiger partial charge on any atom is -0.337 e. The van der Waals surface area contributed by atoms with Gasteiger partial charge in [0.2, 0.25) is 0 Å². The first-order valence-corrected chi connectivity index (χ1v) is 6.00. The van der Waals surface area contributed by atoms with Crippen molar-refractivity contribution in [3.63, 3.8) is 0 Å². The number of benzene rings is 2. The molecule has 0 saturated heterocycles. The second-order valence-electron chi connectivity index (χ2n) is 4.34. The molecule has 3 heteroatoms. The second-order valence-corrected chi connectivity index (χ2v) is 4.34. The molecule has 0 spiro atoms. The molecule has 0 bridgehead atoms. The topological polar surface area (TPSA) is 44.1 Å². The monoisotopic (exact) mass is 250 g/mol. The standard InChI is InChI=1S/C16H14N2O/c1-18(12-13-6-3-2-4-7-13)16(19)15-9-5-8-14(10-15)11-17/h2-10H,12H2,1H3. The summed E-state index contributed by atoms with van der Waals surface area (Å²) in [4.78, 5) is 13.9. The number of carbonyl (C=O) groups is 1. The fraction of sp³-hybridized carbons (Fsp3) is 0.125. The average molecular weight is 250 g/mol. The normalized spacial score (nSPS) is 9.68. The molecule has 0 atom stereocenters. The van der Waals surface area contributed by atoms with Crippen LogP contribution in [-0.2, 0) is 6.54 Å². The van der Waals surface area contributed by atoms with Gasteiger partial charge in [-0.15, -0.1) is 0 Å². The highest BCUT2D eigenvalue weighted by Gasteiger charge is 2.12. The Morgan fingerprint density at radius 2 is 1.89 bits per heavy atom. The lowest BCUT2D eigenvalue weighted by Crippen LogP contribution is -2.26. The van der Waals surface area contributed by atoms with Crippen LogP contribution >= 0.6 is 0 Å². The van der Waals surface area contributed by atoms with Crippen molar-refractivity contribution in [2.75, 3.05) is 7.05 Å². The van der Waals surface area contributed by atoms with Gasteiger partial charge in [-0.1, -0.05) is 36.4 Å². The minimum absolute atomic E-state index is 0.0825. The van der Waals surface area contributed by atoms with Crippen molar-refractivity contribution in [3.8, 4) is 6.07 Å². The van der Waals surface area contributed by atoms with Crippen LogP contribution < -0.4 is 0 Å². The van der Waals surface area contributed by atoms with Gasteiger partial charge in [-0.3, -0.25) is 4.79 Å². The van der Waals surface area contributed by atoms with E-state index in [1.165, 1.54) is 0 Å². The molecular weight excluding hydrogens is 236 g/mol. The summed E-state index contributed by atoms with van der Waals surface area (Å²) >= 11 is 0. The SMILES string of the molecule is CN(Cc1ccccc1)C(=O)c1cccc(C#N)c1. The fourth-order valence-electron chi connectivity index (χ4n) is 1.87. The number of hydrogen-bond donors (Lipinski definition) is 0. The lowest BCUT2D eigenvalue weighted by molar-refractivity contribution is 0.0785. The molecule has 0 unspecified atom stereocenters. The van der Waals surface area contributed by atoms with Gasteiger partial charge in [0.1, 0.15) is 0 Å². The Hall–Kier alpha value is -2.60. The number of rotatable bonds is 3. The van der Waals surface area contributed by atoms with Crippen LogP contribution in [-0.4, -0.2) is 17.9 Å². The summed E-state index contributed by atoms with van der Waals surface area (Å²) in [5.74, 6) is -0.0825. The van der Waals surface area contributed by atoms with E-state index in [4.69, 9.17) is 5.26 Å². The van der Waals surface area contributed by atoms with Crippen molar-refractivity contribution in [3.05, 3.63) is 71.3 Å². The zero-order valence-electron chi connectivity index (χ0n) is 10.7. The lowest BCUT2D eigenvalue weighted by atomic mass is 10.1. The minimum atomic E-state index is -0.0825. The Balaban J connectivity index is 2.13. The molecule has 2 aromatic carbocycles. The maximum Gasteiger partial charge on any atom is 0.253 e. The summed E-state index contributed by atoms with van der Waals surface area (Å²) in [6, 6.07) is 18.6. The highest BCUT2D eigenvalue weighted by molar-refractivity contribution is 5.94. The number of nitrogens with zero attached hydrogens (tertiary/aromatic N) is 2. The predicted molar refractivity (Wildman–Crippen MR) is 73.4 cm³/mol. The Kier molecular flexibility index (Phi) is 3.94. The van der Waals surface area contributed by atoms with E-state index in [1.807, 2.05) is 36.4 Å². The molecule has 0 radical (unpaired) electrons. The van der Waals surface area contributed by atoms with E-state index in [0.29, 0.717) is 17.7 Å². The zero-order valence-corrected chi connectivity index (χ0v) is 10.7. The summed E-state index contributed by atoms with van der Waals surface area (Å²) in [6.07, 6.45) is 0. The van der Waals surface area contributed by atoms with Crippen LogP contribution in [0.1, 0.15) is 21.5 Å². The molecule has 0 aliphatic carbocycles. The first-order chi connectivity index (χ1) is 9.20. The highest BCUT2D eigenvalue weighted by Crippen LogP contribution is 2.10. The molecular formula is C16H14N2O. The lowest BCUT2D eigenvalue weighted by Gasteiger charge is -2.17. The van der Waals surface area contributed by atoms with E-state index >= 15 is 0 Å². The van der Waals surface area contributed by atoms with Gasteiger partial charge in [-0.2, -0.15) is 5.26 Å². The maximum atomic E-state index is 12.2. The zero-order chi connectivity index (χ0) is 13.7. The van der Waals surface area contributed by atoms with Crippen molar-refractivity contribution in [1.29, 1.82) is 5.26 Å². The van der Waals surface area contributed by atoms with E-state index in [0.717, 1.165) is 5.56 Å². The molecule has 19 heavy (non-hydrogen) atoms. The van der Waals surface area contributed by atoms with Crippen LogP contribution in [0.25, 0.3) is 0 Å². The Morgan fingerprint density at radius 1 is 1.16 bits per heavy atom. The van der Waals surface area contributed by atoms with E-state index in [-0.39, 0.29) is 5.91 Å². The highest BCUT2D eigenvalue weighted by atomic mass is 16.2. The molecule has 3 nitrogen and oxygen atoms in total. The summed E-state index contributed by atoms with van der Waals surface area (Å²) in [5.41, 5.74) is 2.12. The second kappa shape index (κ2) is 5.83. The van der Waals surface area contributed by atoms with Gasteiger partial charge in [0, 0.05) is 19.2 Å². The molecule has 0 N–H and O–H groups in total. The molecule has 0 heterocycles. The molecule has 94 valence electrons. The fourth-order valence-corrected chi connectivity index (χ4v) is 1.87. The van der Waals surface area contributed by atoms with Crippen LogP contribution in [0.15, 0.2) is 54.6 Å². The first kappa shape index (κ1) is 12.8.